The number of ether oxygens (including phenoxy) is 1. The lowest BCUT2D eigenvalue weighted by Gasteiger charge is -2.12. The first kappa shape index (κ1) is 25.5. The SMILES string of the molecule is CCOC(=O)c1ccc(-c2ccc(C=C3SC(=S)N(c4c(C)n(C)n(-c5ccccc5)c4=O)C3=O)o2)cc1. The number of benzene rings is 2. The van der Waals surface area contributed by atoms with Gasteiger partial charge in [-0.25, -0.2) is 9.48 Å². The highest BCUT2D eigenvalue weighted by Gasteiger charge is 2.38. The summed E-state index contributed by atoms with van der Waals surface area (Å²) in [6.45, 7) is 3.85. The molecular formula is C28H23N3O5S2. The Morgan fingerprint density at radius 2 is 1.76 bits per heavy atom. The molecule has 192 valence electrons. The first-order chi connectivity index (χ1) is 18.3. The van der Waals surface area contributed by atoms with Crippen LogP contribution in [0.2, 0.25) is 0 Å². The largest absolute Gasteiger partial charge is 0.462 e. The number of para-hydroxylation sites is 1. The van der Waals surface area contributed by atoms with E-state index in [0.29, 0.717) is 40.0 Å². The minimum absolute atomic E-state index is 0.226. The topological polar surface area (TPSA) is 86.7 Å². The Morgan fingerprint density at radius 1 is 1.05 bits per heavy atom. The van der Waals surface area contributed by atoms with E-state index in [0.717, 1.165) is 17.3 Å². The standard InChI is InChI=1S/C28H23N3O5S2/c1-4-35-27(34)19-12-10-18(11-13-19)22-15-14-21(36-22)16-23-25(32)30(28(37)38-23)24-17(2)29(3)31(26(24)33)20-8-6-5-7-9-20/h5-16H,4H2,1-3H3. The molecule has 10 heteroatoms. The summed E-state index contributed by atoms with van der Waals surface area (Å²) in [7, 11) is 1.77. The molecule has 0 N–H and O–H groups in total. The third-order valence-electron chi connectivity index (χ3n) is 6.12. The van der Waals surface area contributed by atoms with E-state index in [-0.39, 0.29) is 27.4 Å². The molecule has 0 bridgehead atoms. The van der Waals surface area contributed by atoms with Crippen LogP contribution in [0.1, 0.15) is 28.7 Å². The first-order valence-electron chi connectivity index (χ1n) is 11.8. The van der Waals surface area contributed by atoms with Crippen molar-refractivity contribution < 1.29 is 18.7 Å². The maximum atomic E-state index is 13.4. The van der Waals surface area contributed by atoms with E-state index in [9.17, 15) is 14.4 Å². The van der Waals surface area contributed by atoms with E-state index in [1.54, 1.807) is 68.1 Å². The summed E-state index contributed by atoms with van der Waals surface area (Å²) >= 11 is 6.63. The molecule has 0 radical (unpaired) electrons. The Labute approximate surface area is 228 Å². The van der Waals surface area contributed by atoms with E-state index in [2.05, 4.69) is 0 Å². The van der Waals surface area contributed by atoms with Gasteiger partial charge in [-0.05, 0) is 50.2 Å². The Balaban J connectivity index is 1.42. The molecule has 0 aliphatic carbocycles. The number of hydrogen-bond donors (Lipinski definition) is 0. The fourth-order valence-electron chi connectivity index (χ4n) is 4.17. The van der Waals surface area contributed by atoms with Crippen molar-refractivity contribution in [3.8, 4) is 17.0 Å². The van der Waals surface area contributed by atoms with Crippen molar-refractivity contribution >= 4 is 51.9 Å². The summed E-state index contributed by atoms with van der Waals surface area (Å²) in [6, 6.07) is 19.6. The van der Waals surface area contributed by atoms with Gasteiger partial charge in [0.15, 0.2) is 4.32 Å². The van der Waals surface area contributed by atoms with Gasteiger partial charge in [0.25, 0.3) is 11.5 Å². The second-order valence-electron chi connectivity index (χ2n) is 8.43. The number of esters is 1. The Kier molecular flexibility index (Phi) is 6.92. The van der Waals surface area contributed by atoms with Gasteiger partial charge < -0.3 is 9.15 Å². The molecule has 4 aromatic rings. The highest BCUT2D eigenvalue weighted by atomic mass is 32.2. The van der Waals surface area contributed by atoms with Crippen LogP contribution in [0.15, 0.2) is 80.8 Å². The maximum absolute atomic E-state index is 13.4. The quantitative estimate of drug-likeness (QED) is 0.184. The fraction of sp³-hybridized carbons (Fsp3) is 0.143. The van der Waals surface area contributed by atoms with Crippen LogP contribution < -0.4 is 10.5 Å². The van der Waals surface area contributed by atoms with Gasteiger partial charge in [0.2, 0.25) is 0 Å². The van der Waals surface area contributed by atoms with Gasteiger partial charge in [0.1, 0.15) is 17.2 Å². The van der Waals surface area contributed by atoms with Crippen molar-refractivity contribution in [1.29, 1.82) is 0 Å². The number of anilines is 1. The molecule has 1 amide bonds. The van der Waals surface area contributed by atoms with Crippen molar-refractivity contribution in [3.05, 3.63) is 99.0 Å². The molecule has 0 spiro atoms. The lowest BCUT2D eigenvalue weighted by molar-refractivity contribution is -0.113. The fourth-order valence-corrected chi connectivity index (χ4v) is 5.42. The van der Waals surface area contributed by atoms with Gasteiger partial charge in [-0.3, -0.25) is 19.2 Å². The van der Waals surface area contributed by atoms with E-state index in [1.807, 2.05) is 30.3 Å². The van der Waals surface area contributed by atoms with Gasteiger partial charge in [-0.2, -0.15) is 0 Å². The van der Waals surface area contributed by atoms with Crippen molar-refractivity contribution in [1.82, 2.24) is 9.36 Å². The number of rotatable bonds is 6. The van der Waals surface area contributed by atoms with Crippen LogP contribution in [-0.4, -0.2) is 32.2 Å². The highest BCUT2D eigenvalue weighted by molar-refractivity contribution is 8.27. The summed E-state index contributed by atoms with van der Waals surface area (Å²) in [5.41, 5.74) is 2.42. The average Bonchev–Trinajstić information content (AvgIpc) is 3.55. The minimum Gasteiger partial charge on any atom is -0.462 e. The van der Waals surface area contributed by atoms with Crippen LogP contribution in [-0.2, 0) is 16.6 Å². The molecule has 0 unspecified atom stereocenters. The molecule has 1 fully saturated rings. The normalized spacial score (nSPS) is 14.5. The molecule has 38 heavy (non-hydrogen) atoms. The number of furan rings is 1. The molecule has 0 saturated carbocycles. The van der Waals surface area contributed by atoms with E-state index in [4.69, 9.17) is 21.4 Å². The number of carbonyl (C=O) groups excluding carboxylic acids is 2. The van der Waals surface area contributed by atoms with Crippen LogP contribution in [0.3, 0.4) is 0 Å². The zero-order valence-corrected chi connectivity index (χ0v) is 22.5. The van der Waals surface area contributed by atoms with E-state index >= 15 is 0 Å². The Hall–Kier alpha value is -4.15. The van der Waals surface area contributed by atoms with Gasteiger partial charge in [0, 0.05) is 18.7 Å². The van der Waals surface area contributed by atoms with E-state index < -0.39 is 0 Å². The van der Waals surface area contributed by atoms with Gasteiger partial charge in [-0.15, -0.1) is 0 Å². The van der Waals surface area contributed by atoms with Crippen molar-refractivity contribution in [2.24, 2.45) is 7.05 Å². The summed E-state index contributed by atoms with van der Waals surface area (Å²) < 4.78 is 14.5. The van der Waals surface area contributed by atoms with Gasteiger partial charge >= 0.3 is 5.97 Å². The summed E-state index contributed by atoms with van der Waals surface area (Å²) in [6.07, 6.45) is 1.61. The van der Waals surface area contributed by atoms with Gasteiger partial charge in [-0.1, -0.05) is 54.3 Å². The van der Waals surface area contributed by atoms with Crippen molar-refractivity contribution in [3.63, 3.8) is 0 Å². The van der Waals surface area contributed by atoms with Crippen molar-refractivity contribution in [2.75, 3.05) is 11.5 Å². The highest BCUT2D eigenvalue weighted by Crippen LogP contribution is 2.37. The third kappa shape index (κ3) is 4.52. The molecule has 2 aromatic carbocycles. The molecule has 2 aromatic heterocycles. The molecule has 8 nitrogen and oxygen atoms in total. The molecule has 1 saturated heterocycles. The number of hydrogen-bond acceptors (Lipinski definition) is 7. The Morgan fingerprint density at radius 3 is 2.45 bits per heavy atom. The molecular weight excluding hydrogens is 522 g/mol. The summed E-state index contributed by atoms with van der Waals surface area (Å²) in [5, 5.41) is 0. The zero-order valence-electron chi connectivity index (χ0n) is 20.8. The van der Waals surface area contributed by atoms with Crippen molar-refractivity contribution in [2.45, 2.75) is 13.8 Å². The molecule has 1 aliphatic rings. The van der Waals surface area contributed by atoms with Gasteiger partial charge in [0.05, 0.1) is 28.5 Å². The maximum Gasteiger partial charge on any atom is 0.338 e. The zero-order chi connectivity index (χ0) is 27.0. The predicted molar refractivity (Wildman–Crippen MR) is 151 cm³/mol. The minimum atomic E-state index is -0.386. The molecule has 5 rings (SSSR count). The van der Waals surface area contributed by atoms with Crippen LogP contribution >= 0.6 is 24.0 Å². The monoisotopic (exact) mass is 545 g/mol. The average molecular weight is 546 g/mol. The van der Waals surface area contributed by atoms with Crippen LogP contribution in [0.4, 0.5) is 5.69 Å². The summed E-state index contributed by atoms with van der Waals surface area (Å²) in [5.74, 6) is 0.265. The number of thiocarbonyl (C=S) groups is 1. The van der Waals surface area contributed by atoms with Crippen LogP contribution in [0, 0.1) is 6.92 Å². The van der Waals surface area contributed by atoms with E-state index in [1.165, 1.54) is 9.58 Å². The number of nitrogens with zero attached hydrogens (tertiary/aromatic N) is 3. The van der Waals surface area contributed by atoms with Crippen LogP contribution in [0.5, 0.6) is 0 Å². The number of aromatic nitrogens is 2. The number of amides is 1. The first-order valence-corrected chi connectivity index (χ1v) is 13.0. The lowest BCUT2D eigenvalue weighted by atomic mass is 10.1. The van der Waals surface area contributed by atoms with Crippen LogP contribution in [0.25, 0.3) is 23.1 Å². The Bertz CT molecular complexity index is 1650. The second-order valence-corrected chi connectivity index (χ2v) is 10.1. The molecule has 1 aliphatic heterocycles. The predicted octanol–water partition coefficient (Wildman–Crippen LogP) is 5.33. The molecule has 3 heterocycles. The lowest BCUT2D eigenvalue weighted by Crippen LogP contribution is -2.33. The third-order valence-corrected chi connectivity index (χ3v) is 7.42. The summed E-state index contributed by atoms with van der Waals surface area (Å²) in [4.78, 5) is 40.4. The molecule has 0 atom stereocenters. The number of carbonyl (C=O) groups is 2. The number of thioether (sulfide) groups is 1. The second kappa shape index (κ2) is 10.3. The smallest absolute Gasteiger partial charge is 0.338 e.